The van der Waals surface area contributed by atoms with Gasteiger partial charge in [0, 0.05) is 0 Å². The molecule has 0 aliphatic carbocycles. The smallest absolute Gasteiger partial charge is 1.00 e. The second kappa shape index (κ2) is 21.5. The second-order valence-corrected chi connectivity index (χ2v) is 5.27. The molecule has 7 heteroatoms. The van der Waals surface area contributed by atoms with E-state index in [4.69, 9.17) is 0 Å². The molecule has 0 atom stereocenters. The van der Waals surface area contributed by atoms with Gasteiger partial charge in [-0.3, -0.25) is 6.54 Å². The molecule has 21 heavy (non-hydrogen) atoms. The molecule has 0 aromatic heterocycles. The zero-order valence-electron chi connectivity index (χ0n) is 13.4. The molecule has 0 spiro atoms. The summed E-state index contributed by atoms with van der Waals surface area (Å²) in [5, 5.41) is 3.53. The summed E-state index contributed by atoms with van der Waals surface area (Å²) in [6.45, 7) is 8.42. The van der Waals surface area contributed by atoms with Gasteiger partial charge in [-0.05, 0) is 72.5 Å². The van der Waals surface area contributed by atoms with Gasteiger partial charge in [-0.15, -0.1) is 0 Å². The molecule has 0 radical (unpaired) electrons. The number of nitrogens with one attached hydrogen (secondary N) is 1. The van der Waals surface area contributed by atoms with Crippen molar-refractivity contribution in [1.29, 1.82) is 0 Å². The molecular weight excluding hydrogens is 364 g/mol. The quantitative estimate of drug-likeness (QED) is 0.325. The van der Waals surface area contributed by atoms with E-state index >= 15 is 0 Å². The van der Waals surface area contributed by atoms with Crippen molar-refractivity contribution in [3.05, 3.63) is 6.54 Å². The number of rotatable bonds is 0. The van der Waals surface area contributed by atoms with Crippen LogP contribution < -0.4 is 42.5 Å². The first-order chi connectivity index (χ1) is 8.29. The van der Waals surface area contributed by atoms with Gasteiger partial charge < -0.3 is 52.3 Å². The Balaban J connectivity index is -0.000000361. The second-order valence-electron chi connectivity index (χ2n) is 5.27. The first kappa shape index (κ1) is 30.4. The fourth-order valence-electron chi connectivity index (χ4n) is 2.24. The minimum atomic E-state index is 0. The van der Waals surface area contributed by atoms with Crippen LogP contribution >= 0.6 is 0 Å². The van der Waals surface area contributed by atoms with Crippen molar-refractivity contribution >= 4 is 0 Å². The maximum Gasteiger partial charge on any atom is 4.00 e. The first-order valence-corrected chi connectivity index (χ1v) is 7.22. The minimum Gasteiger partial charge on any atom is -1.00 e. The molecule has 0 aromatic rings. The zero-order chi connectivity index (χ0) is 12.3. The van der Waals surface area contributed by atoms with Crippen LogP contribution in [0.2, 0.25) is 0 Å². The van der Waals surface area contributed by atoms with E-state index in [1.807, 2.05) is 0 Å². The Hall–Kier alpha value is 1.46. The Bertz CT molecular complexity index is 173. The Labute approximate surface area is 165 Å². The van der Waals surface area contributed by atoms with E-state index in [-0.39, 0.29) is 58.9 Å². The Kier molecular flexibility index (Phi) is 31.0. The molecule has 0 saturated carbocycles. The maximum absolute atomic E-state index is 3.53. The van der Waals surface area contributed by atoms with Crippen molar-refractivity contribution in [2.24, 2.45) is 0 Å². The van der Waals surface area contributed by atoms with Crippen molar-refractivity contribution in [3.63, 3.8) is 0 Å². The van der Waals surface area contributed by atoms with Gasteiger partial charge in [0.25, 0.3) is 0 Å². The average molecular weight is 395 g/mol. The Morgan fingerprint density at radius 3 is 1.95 bits per heavy atom. The van der Waals surface area contributed by atoms with Crippen LogP contribution in [0, 0.1) is 6.54 Å². The van der Waals surface area contributed by atoms with E-state index in [2.05, 4.69) is 35.8 Å². The molecule has 0 aromatic carbocycles. The van der Waals surface area contributed by atoms with E-state index in [1.165, 1.54) is 71.2 Å². The SMILES string of the molecule is CN1[CH-]CCCNCCCCN(C)CCCC1.[Cl-].[Cl-].[Cl-].[Ti+4]. The van der Waals surface area contributed by atoms with E-state index < -0.39 is 0 Å². The maximum atomic E-state index is 3.53. The molecule has 0 amide bonds. The first-order valence-electron chi connectivity index (χ1n) is 7.22. The van der Waals surface area contributed by atoms with Crippen molar-refractivity contribution in [2.45, 2.75) is 38.5 Å². The molecule has 0 unspecified atom stereocenters. The van der Waals surface area contributed by atoms with E-state index in [0.717, 1.165) is 0 Å². The zero-order valence-corrected chi connectivity index (χ0v) is 17.2. The van der Waals surface area contributed by atoms with Crippen LogP contribution in [-0.2, 0) is 21.7 Å². The van der Waals surface area contributed by atoms with Gasteiger partial charge in [-0.25, -0.2) is 0 Å². The van der Waals surface area contributed by atoms with Gasteiger partial charge in [0.05, 0.1) is 0 Å². The largest absolute Gasteiger partial charge is 4.00 e. The molecule has 1 N–H and O–H groups in total. The molecule has 0 bridgehead atoms. The van der Waals surface area contributed by atoms with Crippen LogP contribution in [0.15, 0.2) is 0 Å². The van der Waals surface area contributed by atoms with Gasteiger partial charge in [0.15, 0.2) is 0 Å². The van der Waals surface area contributed by atoms with Crippen LogP contribution in [-0.4, -0.2) is 56.6 Å². The average Bonchev–Trinajstić information content (AvgIpc) is 2.32. The number of hydrogen-bond donors (Lipinski definition) is 1. The Morgan fingerprint density at radius 2 is 1.29 bits per heavy atom. The number of hydrogen-bond acceptors (Lipinski definition) is 3. The van der Waals surface area contributed by atoms with Crippen molar-refractivity contribution < 1.29 is 58.9 Å². The number of nitrogens with zero attached hydrogens (tertiary/aromatic N) is 2. The van der Waals surface area contributed by atoms with E-state index in [1.54, 1.807) is 0 Å². The Morgan fingerprint density at radius 1 is 0.762 bits per heavy atom. The van der Waals surface area contributed by atoms with Crippen molar-refractivity contribution in [3.8, 4) is 0 Å². The molecule has 3 nitrogen and oxygen atoms in total. The van der Waals surface area contributed by atoms with Gasteiger partial charge >= 0.3 is 21.7 Å². The standard InChI is InChI=1S/C14H30N3.3ClH.Ti/c1-16-11-5-3-9-15-10-4-6-12-17(2)14-8-7-13-16;;;;/h11,15H,3-10,12-14H2,1-2H3;3*1H;/q-1;;;;+4/p-3. The summed E-state index contributed by atoms with van der Waals surface area (Å²) < 4.78 is 0. The van der Waals surface area contributed by atoms with Crippen molar-refractivity contribution in [1.82, 2.24) is 15.1 Å². The topological polar surface area (TPSA) is 18.5 Å². The van der Waals surface area contributed by atoms with E-state index in [0.29, 0.717) is 0 Å². The summed E-state index contributed by atoms with van der Waals surface area (Å²) >= 11 is 0. The third-order valence-electron chi connectivity index (χ3n) is 3.44. The van der Waals surface area contributed by atoms with Crippen LogP contribution in [0.3, 0.4) is 0 Å². The number of halogens is 3. The summed E-state index contributed by atoms with van der Waals surface area (Å²) in [5.74, 6) is 0. The monoisotopic (exact) mass is 393 g/mol. The predicted molar refractivity (Wildman–Crippen MR) is 75.0 cm³/mol. The fraction of sp³-hybridized carbons (Fsp3) is 0.929. The molecule has 1 aliphatic heterocycles. The molecule has 1 rings (SSSR count). The molecular formula is C14H30Cl3N3Ti. The van der Waals surface area contributed by atoms with Crippen molar-refractivity contribution in [2.75, 3.05) is 46.8 Å². The van der Waals surface area contributed by atoms with Gasteiger partial charge in [0.1, 0.15) is 0 Å². The fourth-order valence-corrected chi connectivity index (χ4v) is 2.24. The van der Waals surface area contributed by atoms with Gasteiger partial charge in [-0.1, -0.05) is 6.42 Å². The minimum absolute atomic E-state index is 0. The molecule has 1 aliphatic rings. The molecule has 1 fully saturated rings. The summed E-state index contributed by atoms with van der Waals surface area (Å²) in [6.07, 6.45) is 7.76. The molecule has 126 valence electrons. The molecule has 1 heterocycles. The van der Waals surface area contributed by atoms with Crippen LogP contribution in [0.25, 0.3) is 0 Å². The van der Waals surface area contributed by atoms with Gasteiger partial charge in [-0.2, -0.15) is 6.42 Å². The predicted octanol–water partition coefficient (Wildman–Crippen LogP) is -7.03. The summed E-state index contributed by atoms with van der Waals surface area (Å²) in [7, 11) is 4.45. The normalized spacial score (nSPS) is 20.3. The third-order valence-corrected chi connectivity index (χ3v) is 3.44. The summed E-state index contributed by atoms with van der Waals surface area (Å²) in [6, 6.07) is 0. The summed E-state index contributed by atoms with van der Waals surface area (Å²) in [5.41, 5.74) is 0. The van der Waals surface area contributed by atoms with Gasteiger partial charge in [0.2, 0.25) is 0 Å². The van der Waals surface area contributed by atoms with E-state index in [9.17, 15) is 0 Å². The van der Waals surface area contributed by atoms with Crippen LogP contribution in [0.5, 0.6) is 0 Å². The molecule has 1 saturated heterocycles. The van der Waals surface area contributed by atoms with Crippen LogP contribution in [0.1, 0.15) is 38.5 Å². The summed E-state index contributed by atoms with van der Waals surface area (Å²) in [4.78, 5) is 4.84. The van der Waals surface area contributed by atoms with Crippen LogP contribution in [0.4, 0.5) is 0 Å². The third kappa shape index (κ3) is 19.4.